The summed E-state index contributed by atoms with van der Waals surface area (Å²) < 4.78 is 65.9. The van der Waals surface area contributed by atoms with Crippen molar-refractivity contribution in [2.24, 2.45) is 0 Å². The first kappa shape index (κ1) is 26.3. The van der Waals surface area contributed by atoms with Gasteiger partial charge in [0.2, 0.25) is 0 Å². The minimum absolute atomic E-state index is 0.0375. The van der Waals surface area contributed by atoms with Crippen LogP contribution in [0.4, 0.5) is 11.6 Å². The SMILES string of the molecule is Cc1cc(NCCS(=O)(=O)CCOS(=O)(=O)O)nc(NCCOSOOO)c1C#N. The van der Waals surface area contributed by atoms with Gasteiger partial charge in [-0.3, -0.25) is 8.74 Å². The smallest absolute Gasteiger partial charge is 0.369 e. The van der Waals surface area contributed by atoms with Crippen molar-refractivity contribution in [2.75, 3.05) is 48.4 Å². The molecule has 0 bridgehead atoms. The Morgan fingerprint density at radius 2 is 1.93 bits per heavy atom. The van der Waals surface area contributed by atoms with E-state index < -0.39 is 32.6 Å². The van der Waals surface area contributed by atoms with Gasteiger partial charge in [-0.05, 0) is 18.6 Å². The van der Waals surface area contributed by atoms with Crippen LogP contribution in [0.15, 0.2) is 6.07 Å². The Balaban J connectivity index is 2.61. The van der Waals surface area contributed by atoms with Crippen molar-refractivity contribution >= 4 is 44.2 Å². The third kappa shape index (κ3) is 10.9. The number of sulfone groups is 1. The zero-order valence-electron chi connectivity index (χ0n) is 15.6. The lowest BCUT2D eigenvalue weighted by atomic mass is 10.1. The van der Waals surface area contributed by atoms with Gasteiger partial charge in [0.05, 0.1) is 30.3 Å². The Hall–Kier alpha value is -1.75. The highest BCUT2D eigenvalue weighted by molar-refractivity contribution is 7.91. The summed E-state index contributed by atoms with van der Waals surface area (Å²) in [5.74, 6) is -0.379. The Kier molecular flexibility index (Phi) is 11.2. The van der Waals surface area contributed by atoms with Gasteiger partial charge in [-0.2, -0.15) is 13.7 Å². The van der Waals surface area contributed by atoms with Crippen molar-refractivity contribution in [3.63, 3.8) is 0 Å². The third-order valence-corrected chi connectivity index (χ3v) is 5.72. The Morgan fingerprint density at radius 3 is 2.57 bits per heavy atom. The number of nitrogens with zero attached hydrogens (tertiary/aromatic N) is 2. The van der Waals surface area contributed by atoms with E-state index in [0.717, 1.165) is 0 Å². The van der Waals surface area contributed by atoms with Crippen LogP contribution in [-0.4, -0.2) is 69.4 Å². The molecular formula is C13H20N4O10S3. The van der Waals surface area contributed by atoms with Gasteiger partial charge >= 0.3 is 10.4 Å². The van der Waals surface area contributed by atoms with E-state index in [-0.39, 0.29) is 36.8 Å². The predicted octanol–water partition coefficient (Wildman–Crippen LogP) is 0.321. The maximum absolute atomic E-state index is 11.9. The fourth-order valence-electron chi connectivity index (χ4n) is 2.01. The van der Waals surface area contributed by atoms with Gasteiger partial charge < -0.3 is 10.6 Å². The molecule has 0 saturated carbocycles. The lowest BCUT2D eigenvalue weighted by molar-refractivity contribution is -0.434. The number of nitriles is 1. The minimum atomic E-state index is -4.70. The predicted molar refractivity (Wildman–Crippen MR) is 105 cm³/mol. The first-order valence-electron chi connectivity index (χ1n) is 8.06. The van der Waals surface area contributed by atoms with E-state index in [1.807, 2.05) is 6.07 Å². The molecule has 4 N–H and O–H groups in total. The molecule has 0 aromatic carbocycles. The molecule has 0 aliphatic rings. The molecule has 170 valence electrons. The van der Waals surface area contributed by atoms with E-state index in [2.05, 4.69) is 29.2 Å². The number of aromatic nitrogens is 1. The van der Waals surface area contributed by atoms with Gasteiger partial charge in [0.1, 0.15) is 17.7 Å². The molecular weight excluding hydrogens is 468 g/mol. The van der Waals surface area contributed by atoms with Crippen LogP contribution in [0.5, 0.6) is 0 Å². The summed E-state index contributed by atoms with van der Waals surface area (Å²) >= 11 is 0.402. The normalized spacial score (nSPS) is 11.8. The Bertz CT molecular complexity index is 933. The van der Waals surface area contributed by atoms with Gasteiger partial charge in [0.15, 0.2) is 22.2 Å². The molecule has 1 aromatic heterocycles. The van der Waals surface area contributed by atoms with Crippen LogP contribution >= 0.6 is 12.3 Å². The van der Waals surface area contributed by atoms with Crippen LogP contribution < -0.4 is 10.6 Å². The van der Waals surface area contributed by atoms with E-state index >= 15 is 0 Å². The van der Waals surface area contributed by atoms with E-state index in [0.29, 0.717) is 23.7 Å². The monoisotopic (exact) mass is 488 g/mol. The maximum Gasteiger partial charge on any atom is 0.397 e. The van der Waals surface area contributed by atoms with Crippen LogP contribution in [0.3, 0.4) is 0 Å². The topological polar surface area (TPSA) is 206 Å². The van der Waals surface area contributed by atoms with E-state index in [1.54, 1.807) is 13.0 Å². The lowest BCUT2D eigenvalue weighted by Crippen LogP contribution is -2.22. The molecule has 0 radical (unpaired) electrons. The van der Waals surface area contributed by atoms with Crippen molar-refractivity contribution in [1.29, 1.82) is 5.26 Å². The molecule has 1 aromatic rings. The standard InChI is InChI=1S/C13H20N4O10S3/c1-10-8-12(15-3-6-29(19,20)7-5-25-30(21,22)23)17-13(11(10)9-14)16-2-4-24-28-27-26-18/h8,18H,2-7H2,1H3,(H2,15,16,17)(H,21,22,23). The maximum atomic E-state index is 11.9. The zero-order valence-corrected chi connectivity index (χ0v) is 18.0. The van der Waals surface area contributed by atoms with Crippen molar-refractivity contribution in [1.82, 2.24) is 4.98 Å². The summed E-state index contributed by atoms with van der Waals surface area (Å²) in [6, 6.07) is 3.58. The molecule has 0 unspecified atom stereocenters. The second-order valence-electron chi connectivity index (χ2n) is 5.45. The number of rotatable bonds is 15. The second kappa shape index (κ2) is 12.8. The Labute approximate surface area is 177 Å². The van der Waals surface area contributed by atoms with E-state index in [4.69, 9.17) is 14.0 Å². The van der Waals surface area contributed by atoms with Gasteiger partial charge in [0.25, 0.3) is 0 Å². The Morgan fingerprint density at radius 1 is 1.20 bits per heavy atom. The van der Waals surface area contributed by atoms with Gasteiger partial charge in [-0.1, -0.05) is 5.04 Å². The molecule has 30 heavy (non-hydrogen) atoms. The molecule has 1 rings (SSSR count). The average molecular weight is 489 g/mol. The number of aryl methyl sites for hydroxylation is 1. The molecule has 14 nitrogen and oxygen atoms in total. The number of nitrogens with one attached hydrogen (secondary N) is 2. The van der Waals surface area contributed by atoms with Crippen LogP contribution in [0, 0.1) is 18.3 Å². The molecule has 0 spiro atoms. The summed E-state index contributed by atoms with van der Waals surface area (Å²) in [6.45, 7) is 1.29. The average Bonchev–Trinajstić information content (AvgIpc) is 2.63. The zero-order chi connectivity index (χ0) is 22.6. The summed E-state index contributed by atoms with van der Waals surface area (Å²) in [7, 11) is -8.35. The van der Waals surface area contributed by atoms with E-state index in [9.17, 15) is 22.1 Å². The fourth-order valence-corrected chi connectivity index (χ4v) is 3.58. The highest BCUT2D eigenvalue weighted by atomic mass is 32.3. The first-order chi connectivity index (χ1) is 14.1. The quantitative estimate of drug-likeness (QED) is 0.0861. The van der Waals surface area contributed by atoms with Crippen molar-refractivity contribution in [3.8, 4) is 6.07 Å². The molecule has 0 atom stereocenters. The van der Waals surface area contributed by atoms with Crippen LogP contribution in [0.25, 0.3) is 0 Å². The van der Waals surface area contributed by atoms with Gasteiger partial charge in [-0.15, -0.1) is 4.33 Å². The highest BCUT2D eigenvalue weighted by Gasteiger charge is 2.14. The summed E-state index contributed by atoms with van der Waals surface area (Å²) in [6.07, 6.45) is 0. The van der Waals surface area contributed by atoms with Crippen LogP contribution in [0.2, 0.25) is 0 Å². The van der Waals surface area contributed by atoms with Gasteiger partial charge in [-0.25, -0.2) is 22.8 Å². The number of anilines is 2. The molecule has 0 aliphatic heterocycles. The number of hydrogen-bond acceptors (Lipinski definition) is 14. The first-order valence-corrected chi connectivity index (χ1v) is 11.9. The summed E-state index contributed by atoms with van der Waals surface area (Å²) in [4.78, 5) is 4.22. The third-order valence-electron chi connectivity index (χ3n) is 3.26. The largest absolute Gasteiger partial charge is 0.397 e. The summed E-state index contributed by atoms with van der Waals surface area (Å²) in [5, 5.41) is 26.3. The van der Waals surface area contributed by atoms with Crippen LogP contribution in [0.1, 0.15) is 11.1 Å². The van der Waals surface area contributed by atoms with Crippen molar-refractivity contribution < 1.29 is 44.4 Å². The number of hydrogen-bond donors (Lipinski definition) is 4. The molecule has 0 amide bonds. The molecule has 17 heteroatoms. The molecule has 0 aliphatic carbocycles. The van der Waals surface area contributed by atoms with Gasteiger partial charge in [0, 0.05) is 13.1 Å². The van der Waals surface area contributed by atoms with Crippen LogP contribution in [-0.2, 0) is 38.0 Å². The molecule has 1 heterocycles. The molecule has 0 fully saturated rings. The fraction of sp³-hybridized carbons (Fsp3) is 0.538. The number of pyridine rings is 1. The van der Waals surface area contributed by atoms with E-state index in [1.165, 1.54) is 0 Å². The molecule has 0 saturated heterocycles. The lowest BCUT2D eigenvalue weighted by Gasteiger charge is -2.13. The minimum Gasteiger partial charge on any atom is -0.369 e. The van der Waals surface area contributed by atoms with Crippen molar-refractivity contribution in [3.05, 3.63) is 17.2 Å². The summed E-state index contributed by atoms with van der Waals surface area (Å²) in [5.41, 5.74) is 0.882. The highest BCUT2D eigenvalue weighted by Crippen LogP contribution is 2.20. The second-order valence-corrected chi connectivity index (χ2v) is 9.35. The van der Waals surface area contributed by atoms with Crippen molar-refractivity contribution in [2.45, 2.75) is 6.92 Å².